The molecule has 1 amide bonds. The van der Waals surface area contributed by atoms with E-state index in [1.54, 1.807) is 42.6 Å². The molecular weight excluding hydrogens is 387 g/mol. The zero-order valence-corrected chi connectivity index (χ0v) is 15.8. The summed E-state index contributed by atoms with van der Waals surface area (Å²) in [6.45, 7) is 0.0394. The second kappa shape index (κ2) is 9.30. The highest BCUT2D eigenvalue weighted by Crippen LogP contribution is 2.21. The first-order valence-electron chi connectivity index (χ1n) is 8.12. The van der Waals surface area contributed by atoms with E-state index in [1.165, 1.54) is 17.4 Å². The van der Waals surface area contributed by atoms with E-state index in [2.05, 4.69) is 10.5 Å². The van der Waals surface area contributed by atoms with Gasteiger partial charge in [-0.1, -0.05) is 23.7 Å². The van der Waals surface area contributed by atoms with Crippen molar-refractivity contribution in [3.63, 3.8) is 0 Å². The lowest BCUT2D eigenvalue weighted by atomic mass is 10.2. The van der Waals surface area contributed by atoms with Gasteiger partial charge in [-0.25, -0.2) is 9.82 Å². The van der Waals surface area contributed by atoms with Gasteiger partial charge >= 0.3 is 0 Å². The third-order valence-corrected chi connectivity index (χ3v) is 4.87. The number of hydrogen-bond donors (Lipinski definition) is 1. The molecule has 0 saturated heterocycles. The number of nitrogens with one attached hydrogen (secondary N) is 1. The van der Waals surface area contributed by atoms with Crippen molar-refractivity contribution in [2.45, 2.75) is 13.0 Å². The van der Waals surface area contributed by atoms with Gasteiger partial charge in [0.25, 0.3) is 0 Å². The van der Waals surface area contributed by atoms with Gasteiger partial charge in [0.05, 0.1) is 17.7 Å². The lowest BCUT2D eigenvalue weighted by molar-refractivity contribution is -0.120. The molecule has 0 spiro atoms. The molecule has 2 aromatic carbocycles. The smallest absolute Gasteiger partial charge is 0.245 e. The van der Waals surface area contributed by atoms with E-state index in [0.717, 1.165) is 10.4 Å². The maximum Gasteiger partial charge on any atom is 0.245 e. The molecule has 0 bridgehead atoms. The molecule has 0 aliphatic heterocycles. The van der Waals surface area contributed by atoms with Gasteiger partial charge in [0.2, 0.25) is 5.91 Å². The quantitative estimate of drug-likeness (QED) is 0.455. The number of halogens is 2. The number of hydrogen-bond acceptors (Lipinski definition) is 4. The van der Waals surface area contributed by atoms with Crippen LogP contribution >= 0.6 is 22.9 Å². The molecule has 0 radical (unpaired) electrons. The largest absolute Gasteiger partial charge is 0.489 e. The Hall–Kier alpha value is -2.70. The molecule has 0 fully saturated rings. The van der Waals surface area contributed by atoms with Gasteiger partial charge in [0, 0.05) is 10.4 Å². The summed E-state index contributed by atoms with van der Waals surface area (Å²) in [5, 5.41) is 6.20. The van der Waals surface area contributed by atoms with E-state index < -0.39 is 5.82 Å². The molecule has 3 rings (SSSR count). The SMILES string of the molecule is O=C(Cc1cccs1)N/N=C\c1ccc(OCc2c(F)cccc2Cl)cc1. The normalized spacial score (nSPS) is 10.9. The van der Waals surface area contributed by atoms with Crippen LogP contribution in [0.4, 0.5) is 4.39 Å². The molecule has 0 unspecified atom stereocenters. The molecule has 0 aliphatic carbocycles. The molecule has 4 nitrogen and oxygen atoms in total. The number of carbonyl (C=O) groups is 1. The van der Waals surface area contributed by atoms with Gasteiger partial charge in [0.15, 0.2) is 0 Å². The maximum atomic E-state index is 13.7. The Balaban J connectivity index is 1.50. The number of carbonyl (C=O) groups excluding carboxylic acids is 1. The number of benzene rings is 2. The Morgan fingerprint density at radius 1 is 1.19 bits per heavy atom. The number of rotatable bonds is 7. The third-order valence-electron chi connectivity index (χ3n) is 3.64. The Kier molecular flexibility index (Phi) is 6.57. The Labute approximate surface area is 165 Å². The lowest BCUT2D eigenvalue weighted by Crippen LogP contribution is -2.19. The van der Waals surface area contributed by atoms with Crippen molar-refractivity contribution in [2.24, 2.45) is 5.10 Å². The van der Waals surface area contributed by atoms with Crippen LogP contribution < -0.4 is 10.2 Å². The zero-order valence-electron chi connectivity index (χ0n) is 14.2. The summed E-state index contributed by atoms with van der Waals surface area (Å²) >= 11 is 7.51. The first-order chi connectivity index (χ1) is 13.1. The summed E-state index contributed by atoms with van der Waals surface area (Å²) < 4.78 is 19.3. The minimum absolute atomic E-state index is 0.0394. The van der Waals surface area contributed by atoms with E-state index in [9.17, 15) is 9.18 Å². The molecular formula is C20H16ClFN2O2S. The van der Waals surface area contributed by atoms with Gasteiger partial charge in [-0.2, -0.15) is 5.10 Å². The molecule has 1 aromatic heterocycles. The van der Waals surface area contributed by atoms with Crippen LogP contribution in [0.2, 0.25) is 5.02 Å². The molecule has 138 valence electrons. The first kappa shape index (κ1) is 19.1. The average Bonchev–Trinajstić information content (AvgIpc) is 3.15. The Morgan fingerprint density at radius 2 is 2.00 bits per heavy atom. The summed E-state index contributed by atoms with van der Waals surface area (Å²) in [6, 6.07) is 15.4. The molecule has 1 N–H and O–H groups in total. The number of nitrogens with zero attached hydrogens (tertiary/aromatic N) is 1. The summed E-state index contributed by atoms with van der Waals surface area (Å²) in [6.07, 6.45) is 1.85. The molecule has 0 saturated carbocycles. The molecule has 7 heteroatoms. The van der Waals surface area contributed by atoms with E-state index in [-0.39, 0.29) is 12.5 Å². The van der Waals surface area contributed by atoms with Crippen molar-refractivity contribution in [2.75, 3.05) is 0 Å². The molecule has 27 heavy (non-hydrogen) atoms. The maximum absolute atomic E-state index is 13.7. The fourth-order valence-corrected chi connectivity index (χ4v) is 3.19. The minimum Gasteiger partial charge on any atom is -0.489 e. The van der Waals surface area contributed by atoms with E-state index in [0.29, 0.717) is 22.8 Å². The van der Waals surface area contributed by atoms with Gasteiger partial charge in [-0.15, -0.1) is 11.3 Å². The molecule has 0 aliphatic rings. The van der Waals surface area contributed by atoms with Crippen LogP contribution in [0.3, 0.4) is 0 Å². The molecule has 0 atom stereocenters. The predicted molar refractivity (Wildman–Crippen MR) is 106 cm³/mol. The van der Waals surface area contributed by atoms with Crippen LogP contribution in [-0.4, -0.2) is 12.1 Å². The van der Waals surface area contributed by atoms with E-state index in [4.69, 9.17) is 16.3 Å². The number of hydrazone groups is 1. The van der Waals surface area contributed by atoms with Crippen LogP contribution in [0.25, 0.3) is 0 Å². The van der Waals surface area contributed by atoms with Crippen molar-refractivity contribution in [1.29, 1.82) is 0 Å². The monoisotopic (exact) mass is 402 g/mol. The van der Waals surface area contributed by atoms with Crippen LogP contribution in [-0.2, 0) is 17.8 Å². The van der Waals surface area contributed by atoms with Crippen LogP contribution in [0.15, 0.2) is 65.1 Å². The first-order valence-corrected chi connectivity index (χ1v) is 9.37. The van der Waals surface area contributed by atoms with Crippen LogP contribution in [0.5, 0.6) is 5.75 Å². The van der Waals surface area contributed by atoms with Gasteiger partial charge in [0.1, 0.15) is 18.2 Å². The fourth-order valence-electron chi connectivity index (χ4n) is 2.27. The van der Waals surface area contributed by atoms with Crippen molar-refractivity contribution in [1.82, 2.24) is 5.43 Å². The topological polar surface area (TPSA) is 50.7 Å². The fraction of sp³-hybridized carbons (Fsp3) is 0.100. The van der Waals surface area contributed by atoms with E-state index >= 15 is 0 Å². The van der Waals surface area contributed by atoms with Gasteiger partial charge < -0.3 is 4.74 Å². The third kappa shape index (κ3) is 5.64. The number of thiophene rings is 1. The summed E-state index contributed by atoms with van der Waals surface area (Å²) in [5.41, 5.74) is 3.60. The number of ether oxygens (including phenoxy) is 1. The van der Waals surface area contributed by atoms with Gasteiger partial charge in [-0.3, -0.25) is 4.79 Å². The van der Waals surface area contributed by atoms with Crippen LogP contribution in [0.1, 0.15) is 16.0 Å². The molecule has 1 heterocycles. The van der Waals surface area contributed by atoms with E-state index in [1.807, 2.05) is 17.5 Å². The van der Waals surface area contributed by atoms with Crippen molar-refractivity contribution >= 4 is 35.1 Å². The van der Waals surface area contributed by atoms with Crippen molar-refractivity contribution in [3.05, 3.63) is 86.8 Å². The summed E-state index contributed by atoms with van der Waals surface area (Å²) in [4.78, 5) is 12.7. The van der Waals surface area contributed by atoms with Gasteiger partial charge in [-0.05, 0) is 53.4 Å². The highest BCUT2D eigenvalue weighted by molar-refractivity contribution is 7.10. The van der Waals surface area contributed by atoms with Crippen molar-refractivity contribution in [3.8, 4) is 5.75 Å². The number of amides is 1. The lowest BCUT2D eigenvalue weighted by Gasteiger charge is -2.08. The standard InChI is InChI=1S/C20H16ClFN2O2S/c21-18-4-1-5-19(22)17(18)13-26-15-8-6-14(7-9-15)12-23-24-20(25)11-16-3-2-10-27-16/h1-10,12H,11,13H2,(H,24,25)/b23-12-. The summed E-state index contributed by atoms with van der Waals surface area (Å²) in [5.74, 6) is 0.00756. The highest BCUT2D eigenvalue weighted by Gasteiger charge is 2.07. The second-order valence-electron chi connectivity index (χ2n) is 5.61. The average molecular weight is 403 g/mol. The second-order valence-corrected chi connectivity index (χ2v) is 7.05. The van der Waals surface area contributed by atoms with Crippen LogP contribution in [0, 0.1) is 5.82 Å². The highest BCUT2D eigenvalue weighted by atomic mass is 35.5. The predicted octanol–water partition coefficient (Wildman–Crippen LogP) is 4.81. The Bertz CT molecular complexity index is 907. The van der Waals surface area contributed by atoms with Crippen molar-refractivity contribution < 1.29 is 13.9 Å². The Morgan fingerprint density at radius 3 is 2.70 bits per heavy atom. The minimum atomic E-state index is -0.399. The zero-order chi connectivity index (χ0) is 19.1. The molecule has 3 aromatic rings. The summed E-state index contributed by atoms with van der Waals surface area (Å²) in [7, 11) is 0.